The lowest BCUT2D eigenvalue weighted by Crippen LogP contribution is -2.32. The average molecular weight is 402 g/mol. The van der Waals surface area contributed by atoms with Crippen molar-refractivity contribution in [1.82, 2.24) is 10.3 Å². The summed E-state index contributed by atoms with van der Waals surface area (Å²) >= 11 is 0. The second-order valence-electron chi connectivity index (χ2n) is 6.10. The first-order chi connectivity index (χ1) is 13.2. The van der Waals surface area contributed by atoms with Gasteiger partial charge in [0.15, 0.2) is 12.4 Å². The molecule has 0 fully saturated rings. The fourth-order valence-corrected chi connectivity index (χ4v) is 2.33. The van der Waals surface area contributed by atoms with Crippen LogP contribution in [0, 0.1) is 0 Å². The molecule has 0 saturated heterocycles. The van der Waals surface area contributed by atoms with E-state index in [9.17, 15) is 23.1 Å². The van der Waals surface area contributed by atoms with Gasteiger partial charge in [-0.1, -0.05) is 12.1 Å². The Kier molecular flexibility index (Phi) is 7.41. The second-order valence-corrected chi connectivity index (χ2v) is 6.10. The first-order valence-corrected chi connectivity index (χ1v) is 8.42. The lowest BCUT2D eigenvalue weighted by Gasteiger charge is -2.16. The van der Waals surface area contributed by atoms with E-state index < -0.39 is 24.1 Å². The van der Waals surface area contributed by atoms with Crippen LogP contribution in [0.15, 0.2) is 34.9 Å². The normalized spacial score (nSPS) is 13.8. The van der Waals surface area contributed by atoms with Crippen LogP contribution in [-0.2, 0) is 22.1 Å². The van der Waals surface area contributed by atoms with Crippen LogP contribution in [0.2, 0.25) is 0 Å². The minimum Gasteiger partial charge on any atom is -0.482 e. The van der Waals surface area contributed by atoms with Gasteiger partial charge in [0.05, 0.1) is 13.3 Å². The number of alkyl halides is 3. The van der Waals surface area contributed by atoms with E-state index in [1.54, 1.807) is 12.1 Å². The summed E-state index contributed by atoms with van der Waals surface area (Å²) in [7, 11) is 1.28. The molecule has 0 aliphatic carbocycles. The van der Waals surface area contributed by atoms with Crippen LogP contribution < -0.4 is 10.1 Å². The summed E-state index contributed by atoms with van der Waals surface area (Å²) in [5.41, 5.74) is 0.971. The van der Waals surface area contributed by atoms with Gasteiger partial charge in [0.25, 0.3) is 0 Å². The van der Waals surface area contributed by atoms with Crippen LogP contribution in [-0.4, -0.2) is 42.4 Å². The third-order valence-electron chi connectivity index (χ3n) is 3.80. The van der Waals surface area contributed by atoms with Crippen molar-refractivity contribution < 1.29 is 37.0 Å². The molecule has 154 valence electrons. The fraction of sp³-hybridized carbons (Fsp3) is 0.444. The zero-order chi connectivity index (χ0) is 20.7. The van der Waals surface area contributed by atoms with Gasteiger partial charge >= 0.3 is 18.0 Å². The number of esters is 1. The zero-order valence-electron chi connectivity index (χ0n) is 15.3. The number of hydrogen-bond donors (Lipinski definition) is 2. The van der Waals surface area contributed by atoms with E-state index in [2.05, 4.69) is 19.5 Å². The molecule has 1 aromatic heterocycles. The van der Waals surface area contributed by atoms with E-state index in [1.807, 2.05) is 19.1 Å². The summed E-state index contributed by atoms with van der Waals surface area (Å²) in [5, 5.41) is 13.0. The molecule has 0 saturated carbocycles. The highest BCUT2D eigenvalue weighted by Crippen LogP contribution is 2.29. The molecule has 0 aliphatic rings. The van der Waals surface area contributed by atoms with Crippen molar-refractivity contribution in [3.63, 3.8) is 0 Å². The third kappa shape index (κ3) is 6.54. The molecule has 2 N–H and O–H groups in total. The molecule has 2 aromatic rings. The van der Waals surface area contributed by atoms with Crippen LogP contribution in [0.4, 0.5) is 13.2 Å². The van der Waals surface area contributed by atoms with Crippen LogP contribution >= 0.6 is 0 Å². The highest BCUT2D eigenvalue weighted by atomic mass is 19.4. The second kappa shape index (κ2) is 9.56. The van der Waals surface area contributed by atoms with E-state index in [0.717, 1.165) is 11.8 Å². The van der Waals surface area contributed by atoms with E-state index in [4.69, 9.17) is 4.74 Å². The fourth-order valence-electron chi connectivity index (χ4n) is 2.33. The quantitative estimate of drug-likeness (QED) is 0.623. The van der Waals surface area contributed by atoms with Crippen molar-refractivity contribution in [2.24, 2.45) is 0 Å². The number of nitrogens with zero attached hydrogens (tertiary/aromatic N) is 1. The Morgan fingerprint density at radius 1 is 1.32 bits per heavy atom. The standard InChI is InChI=1S/C18H21F3N2O5/c1-11(7-12-3-5-13(6-4-12)27-10-16(25)26-2)22-8-14(24)15-9-23-17(28-15)18(19,20)21/h3-6,9,11,14,22,24H,7-8,10H2,1-2H3. The molecule has 0 bridgehead atoms. The zero-order valence-corrected chi connectivity index (χ0v) is 15.3. The van der Waals surface area contributed by atoms with E-state index in [1.165, 1.54) is 7.11 Å². The van der Waals surface area contributed by atoms with Crippen LogP contribution in [0.1, 0.15) is 30.2 Å². The minimum atomic E-state index is -4.69. The summed E-state index contributed by atoms with van der Waals surface area (Å²) in [6, 6.07) is 7.02. The number of ether oxygens (including phenoxy) is 2. The Balaban J connectivity index is 1.79. The maximum atomic E-state index is 12.5. The van der Waals surface area contributed by atoms with Crippen LogP contribution in [0.5, 0.6) is 5.75 Å². The monoisotopic (exact) mass is 402 g/mol. The van der Waals surface area contributed by atoms with Crippen LogP contribution in [0.25, 0.3) is 0 Å². The van der Waals surface area contributed by atoms with Gasteiger partial charge in [-0.25, -0.2) is 9.78 Å². The Morgan fingerprint density at radius 3 is 2.57 bits per heavy atom. The van der Waals surface area contributed by atoms with Gasteiger partial charge in [-0.3, -0.25) is 0 Å². The summed E-state index contributed by atoms with van der Waals surface area (Å²) < 4.78 is 51.7. The van der Waals surface area contributed by atoms with Gasteiger partial charge in [-0.15, -0.1) is 0 Å². The smallest absolute Gasteiger partial charge is 0.468 e. The van der Waals surface area contributed by atoms with Crippen molar-refractivity contribution in [2.45, 2.75) is 31.7 Å². The first kappa shape index (κ1) is 21.7. The highest BCUT2D eigenvalue weighted by molar-refractivity contribution is 5.70. The molecule has 2 unspecified atom stereocenters. The molecule has 0 aliphatic heterocycles. The number of benzene rings is 1. The van der Waals surface area contributed by atoms with Gasteiger partial charge in [-0.2, -0.15) is 13.2 Å². The van der Waals surface area contributed by atoms with Gasteiger partial charge in [0.2, 0.25) is 0 Å². The molecule has 0 spiro atoms. The molecule has 10 heteroatoms. The number of carbonyl (C=O) groups is 1. The molecule has 2 rings (SSSR count). The number of hydrogen-bond acceptors (Lipinski definition) is 7. The van der Waals surface area contributed by atoms with Crippen molar-refractivity contribution in [3.05, 3.63) is 47.7 Å². The number of rotatable bonds is 9. The summed E-state index contributed by atoms with van der Waals surface area (Å²) in [4.78, 5) is 14.2. The van der Waals surface area contributed by atoms with Crippen molar-refractivity contribution >= 4 is 5.97 Å². The molecule has 28 heavy (non-hydrogen) atoms. The highest BCUT2D eigenvalue weighted by Gasteiger charge is 2.37. The summed E-state index contributed by atoms with van der Waals surface area (Å²) in [6.07, 6.45) is -4.47. The molecule has 7 nitrogen and oxygen atoms in total. The number of aliphatic hydroxyl groups is 1. The molecule has 1 heterocycles. The van der Waals surface area contributed by atoms with Crippen LogP contribution in [0.3, 0.4) is 0 Å². The molecule has 0 amide bonds. The predicted octanol–water partition coefficient (Wildman–Crippen LogP) is 2.50. The molecule has 1 aromatic carbocycles. The number of aromatic nitrogens is 1. The predicted molar refractivity (Wildman–Crippen MR) is 91.6 cm³/mol. The number of halogens is 3. The lowest BCUT2D eigenvalue weighted by molar-refractivity contribution is -0.158. The van der Waals surface area contributed by atoms with E-state index in [0.29, 0.717) is 12.2 Å². The molecule has 2 atom stereocenters. The molecule has 0 radical (unpaired) electrons. The van der Waals surface area contributed by atoms with E-state index in [-0.39, 0.29) is 25.0 Å². The maximum Gasteiger partial charge on any atom is 0.468 e. The Bertz CT molecular complexity index is 761. The van der Waals surface area contributed by atoms with Gasteiger partial charge in [0.1, 0.15) is 11.9 Å². The van der Waals surface area contributed by atoms with Crippen molar-refractivity contribution in [3.8, 4) is 5.75 Å². The SMILES string of the molecule is COC(=O)COc1ccc(CC(C)NCC(O)c2cnc(C(F)(F)F)o2)cc1. The number of methoxy groups -OCH3 is 1. The van der Waals surface area contributed by atoms with Gasteiger partial charge in [-0.05, 0) is 31.0 Å². The Morgan fingerprint density at radius 2 is 2.00 bits per heavy atom. The lowest BCUT2D eigenvalue weighted by atomic mass is 10.1. The first-order valence-electron chi connectivity index (χ1n) is 8.42. The van der Waals surface area contributed by atoms with Gasteiger partial charge in [0, 0.05) is 12.6 Å². The largest absolute Gasteiger partial charge is 0.482 e. The van der Waals surface area contributed by atoms with Crippen molar-refractivity contribution in [2.75, 3.05) is 20.3 Å². The Hall–Kier alpha value is -2.59. The topological polar surface area (TPSA) is 93.8 Å². The third-order valence-corrected chi connectivity index (χ3v) is 3.80. The average Bonchev–Trinajstić information content (AvgIpc) is 3.16. The number of nitrogens with one attached hydrogen (secondary N) is 1. The summed E-state index contributed by atoms with van der Waals surface area (Å²) in [6.45, 7) is 1.70. The molecular formula is C18H21F3N2O5. The molecular weight excluding hydrogens is 381 g/mol. The van der Waals surface area contributed by atoms with Gasteiger partial charge < -0.3 is 24.3 Å². The number of oxazole rings is 1. The number of aliphatic hydroxyl groups excluding tert-OH is 1. The van der Waals surface area contributed by atoms with E-state index >= 15 is 0 Å². The van der Waals surface area contributed by atoms with Crippen molar-refractivity contribution in [1.29, 1.82) is 0 Å². The summed E-state index contributed by atoms with van der Waals surface area (Å²) in [5.74, 6) is -1.59. The minimum absolute atomic E-state index is 0.00792. The number of carbonyl (C=O) groups excluding carboxylic acids is 1. The Labute approximate surface area is 159 Å². The maximum absolute atomic E-state index is 12.5.